The van der Waals surface area contributed by atoms with Gasteiger partial charge in [-0.2, -0.15) is 5.26 Å². The molecule has 4 heteroatoms. The molecule has 1 atom stereocenters. The molecule has 0 saturated heterocycles. The first-order chi connectivity index (χ1) is 9.22. The van der Waals surface area contributed by atoms with E-state index in [1.54, 1.807) is 11.8 Å². The summed E-state index contributed by atoms with van der Waals surface area (Å²) in [5, 5.41) is 22.0. The maximum atomic E-state index is 9.24. The number of nitrogens with zero attached hydrogens (tertiary/aromatic N) is 1. The van der Waals surface area contributed by atoms with Crippen molar-refractivity contribution in [2.24, 2.45) is 0 Å². The lowest BCUT2D eigenvalue weighted by Gasteiger charge is -2.12. The van der Waals surface area contributed by atoms with Crippen molar-refractivity contribution >= 4 is 11.8 Å². The Morgan fingerprint density at radius 2 is 2.32 bits per heavy atom. The second-order valence-corrected chi connectivity index (χ2v) is 6.52. The van der Waals surface area contributed by atoms with Gasteiger partial charge in [0.15, 0.2) is 0 Å². The molecular weight excluding hydrogens is 256 g/mol. The monoisotopic (exact) mass is 276 g/mol. The minimum absolute atomic E-state index is 0.194. The molecule has 0 bridgehead atoms. The summed E-state index contributed by atoms with van der Waals surface area (Å²) in [6, 6.07) is 9.05. The van der Waals surface area contributed by atoms with Crippen molar-refractivity contribution in [2.75, 3.05) is 6.61 Å². The van der Waals surface area contributed by atoms with Crippen molar-refractivity contribution in [1.82, 2.24) is 5.32 Å². The van der Waals surface area contributed by atoms with E-state index in [1.165, 1.54) is 18.4 Å². The summed E-state index contributed by atoms with van der Waals surface area (Å²) in [7, 11) is 0. The van der Waals surface area contributed by atoms with Gasteiger partial charge in [-0.25, -0.2) is 0 Å². The van der Waals surface area contributed by atoms with Crippen molar-refractivity contribution in [3.8, 4) is 6.07 Å². The molecule has 0 heterocycles. The average molecular weight is 276 g/mol. The van der Waals surface area contributed by atoms with Gasteiger partial charge in [-0.1, -0.05) is 13.0 Å². The van der Waals surface area contributed by atoms with Crippen LogP contribution in [-0.2, 0) is 6.54 Å². The van der Waals surface area contributed by atoms with E-state index < -0.39 is 0 Å². The van der Waals surface area contributed by atoms with Gasteiger partial charge in [0, 0.05) is 29.3 Å². The Bertz CT molecular complexity index is 466. The van der Waals surface area contributed by atoms with Gasteiger partial charge in [0.2, 0.25) is 0 Å². The molecule has 0 spiro atoms. The third-order valence-corrected chi connectivity index (χ3v) is 4.45. The van der Waals surface area contributed by atoms with Gasteiger partial charge in [0.25, 0.3) is 0 Å². The van der Waals surface area contributed by atoms with E-state index in [2.05, 4.69) is 24.4 Å². The van der Waals surface area contributed by atoms with Crippen LogP contribution in [0, 0.1) is 11.3 Å². The molecule has 1 saturated carbocycles. The minimum Gasteiger partial charge on any atom is -0.396 e. The van der Waals surface area contributed by atoms with Crippen LogP contribution >= 0.6 is 11.8 Å². The third kappa shape index (κ3) is 4.54. The molecule has 1 fully saturated rings. The first-order valence-electron chi connectivity index (χ1n) is 6.77. The lowest BCUT2D eigenvalue weighted by atomic mass is 10.1. The van der Waals surface area contributed by atoms with E-state index in [4.69, 9.17) is 5.11 Å². The van der Waals surface area contributed by atoms with Crippen LogP contribution in [0.4, 0.5) is 0 Å². The predicted octanol–water partition coefficient (Wildman–Crippen LogP) is 2.67. The Hall–Kier alpha value is -1.02. The largest absolute Gasteiger partial charge is 0.396 e. The molecule has 3 nitrogen and oxygen atoms in total. The van der Waals surface area contributed by atoms with E-state index in [0.29, 0.717) is 11.3 Å². The van der Waals surface area contributed by atoms with E-state index in [0.717, 1.165) is 23.4 Å². The predicted molar refractivity (Wildman–Crippen MR) is 78.0 cm³/mol. The molecule has 1 aromatic carbocycles. The smallest absolute Gasteiger partial charge is 0.100 e. The number of rotatable bonds is 7. The lowest BCUT2D eigenvalue weighted by Crippen LogP contribution is -2.15. The summed E-state index contributed by atoms with van der Waals surface area (Å²) in [5.41, 5.74) is 1.91. The number of hydrogen-bond acceptors (Lipinski definition) is 4. The standard InChI is InChI=1S/C15H20N2OS/c1-11(6-7-18)19-15-5-2-12(8-13(15)9-16)10-17-14-3-4-14/h2,5,8,11,14,17-18H,3-4,6-7,10H2,1H3. The van der Waals surface area contributed by atoms with Crippen LogP contribution in [-0.4, -0.2) is 23.0 Å². The van der Waals surface area contributed by atoms with Crippen LogP contribution in [0.25, 0.3) is 0 Å². The lowest BCUT2D eigenvalue weighted by molar-refractivity contribution is 0.289. The number of benzene rings is 1. The zero-order chi connectivity index (χ0) is 13.7. The van der Waals surface area contributed by atoms with Crippen molar-refractivity contribution in [3.05, 3.63) is 29.3 Å². The van der Waals surface area contributed by atoms with Gasteiger partial charge in [0.1, 0.15) is 6.07 Å². The van der Waals surface area contributed by atoms with Crippen LogP contribution < -0.4 is 5.32 Å². The molecular formula is C15H20N2OS. The highest BCUT2D eigenvalue weighted by Crippen LogP contribution is 2.29. The molecule has 2 N–H and O–H groups in total. The Balaban J connectivity index is 2.00. The number of aliphatic hydroxyl groups is 1. The maximum Gasteiger partial charge on any atom is 0.100 e. The average Bonchev–Trinajstić information content (AvgIpc) is 3.22. The summed E-state index contributed by atoms with van der Waals surface area (Å²) in [6.45, 7) is 3.11. The van der Waals surface area contributed by atoms with Crippen molar-refractivity contribution < 1.29 is 5.11 Å². The zero-order valence-corrected chi connectivity index (χ0v) is 12.0. The van der Waals surface area contributed by atoms with Crippen molar-refractivity contribution in [3.63, 3.8) is 0 Å². The number of hydrogen-bond donors (Lipinski definition) is 2. The van der Waals surface area contributed by atoms with Crippen LogP contribution in [0.5, 0.6) is 0 Å². The van der Waals surface area contributed by atoms with Crippen molar-refractivity contribution in [1.29, 1.82) is 5.26 Å². The molecule has 1 aliphatic rings. The van der Waals surface area contributed by atoms with Crippen LogP contribution in [0.15, 0.2) is 23.1 Å². The first kappa shape index (κ1) is 14.4. The van der Waals surface area contributed by atoms with Crippen LogP contribution in [0.1, 0.15) is 37.3 Å². The van der Waals surface area contributed by atoms with E-state index in [-0.39, 0.29) is 6.61 Å². The summed E-state index contributed by atoms with van der Waals surface area (Å²) >= 11 is 1.66. The molecule has 102 valence electrons. The molecule has 2 rings (SSSR count). The maximum absolute atomic E-state index is 9.24. The summed E-state index contributed by atoms with van der Waals surface area (Å²) in [4.78, 5) is 1.01. The van der Waals surface area contributed by atoms with Gasteiger partial charge >= 0.3 is 0 Å². The normalized spacial score (nSPS) is 16.1. The number of thioether (sulfide) groups is 1. The first-order valence-corrected chi connectivity index (χ1v) is 7.65. The highest BCUT2D eigenvalue weighted by molar-refractivity contribution is 8.00. The van der Waals surface area contributed by atoms with Crippen molar-refractivity contribution in [2.45, 2.75) is 48.9 Å². The Morgan fingerprint density at radius 1 is 1.53 bits per heavy atom. The van der Waals surface area contributed by atoms with Gasteiger partial charge in [-0.15, -0.1) is 11.8 Å². The highest BCUT2D eigenvalue weighted by atomic mass is 32.2. The fourth-order valence-electron chi connectivity index (χ4n) is 1.88. The minimum atomic E-state index is 0.194. The molecule has 1 unspecified atom stereocenters. The highest BCUT2D eigenvalue weighted by Gasteiger charge is 2.20. The van der Waals surface area contributed by atoms with Gasteiger partial charge < -0.3 is 10.4 Å². The van der Waals surface area contributed by atoms with E-state index in [9.17, 15) is 5.26 Å². The van der Waals surface area contributed by atoms with Gasteiger partial charge in [-0.05, 0) is 37.0 Å². The van der Waals surface area contributed by atoms with Crippen LogP contribution in [0.3, 0.4) is 0 Å². The molecule has 0 aliphatic heterocycles. The summed E-state index contributed by atoms with van der Waals surface area (Å²) in [5.74, 6) is 0. The number of nitrogens with one attached hydrogen (secondary N) is 1. The number of aliphatic hydroxyl groups excluding tert-OH is 1. The Kier molecular flexibility index (Phi) is 5.26. The molecule has 0 radical (unpaired) electrons. The van der Waals surface area contributed by atoms with Gasteiger partial charge in [-0.3, -0.25) is 0 Å². The quantitative estimate of drug-likeness (QED) is 0.752. The molecule has 19 heavy (non-hydrogen) atoms. The number of nitriles is 1. The molecule has 0 amide bonds. The zero-order valence-electron chi connectivity index (χ0n) is 11.2. The fourth-order valence-corrected chi connectivity index (χ4v) is 2.92. The Morgan fingerprint density at radius 3 is 2.95 bits per heavy atom. The molecule has 0 aromatic heterocycles. The third-order valence-electron chi connectivity index (χ3n) is 3.20. The van der Waals surface area contributed by atoms with E-state index in [1.807, 2.05) is 12.1 Å². The van der Waals surface area contributed by atoms with E-state index >= 15 is 0 Å². The second-order valence-electron chi connectivity index (χ2n) is 5.04. The summed E-state index contributed by atoms with van der Waals surface area (Å²) in [6.07, 6.45) is 3.30. The SMILES string of the molecule is CC(CCO)Sc1ccc(CNC2CC2)cc1C#N. The molecule has 1 aromatic rings. The Labute approximate surface area is 119 Å². The van der Waals surface area contributed by atoms with Gasteiger partial charge in [0.05, 0.1) is 5.56 Å². The topological polar surface area (TPSA) is 56.0 Å². The fraction of sp³-hybridized carbons (Fsp3) is 0.533. The molecule has 1 aliphatic carbocycles. The summed E-state index contributed by atoms with van der Waals surface area (Å²) < 4.78 is 0. The second kappa shape index (κ2) is 6.95. The van der Waals surface area contributed by atoms with Crippen LogP contribution in [0.2, 0.25) is 0 Å².